The van der Waals surface area contributed by atoms with Gasteiger partial charge in [-0.15, -0.1) is 0 Å². The van der Waals surface area contributed by atoms with Gasteiger partial charge < -0.3 is 18.9 Å². The summed E-state index contributed by atoms with van der Waals surface area (Å²) in [5.41, 5.74) is 3.25. The third kappa shape index (κ3) is 5.54. The van der Waals surface area contributed by atoms with Gasteiger partial charge in [0.05, 0.1) is 14.2 Å². The Morgan fingerprint density at radius 3 is 2.56 bits per heavy atom. The summed E-state index contributed by atoms with van der Waals surface area (Å²) >= 11 is 0. The lowest BCUT2D eigenvalue weighted by atomic mass is 9.99. The molecule has 3 heterocycles. The largest absolute Gasteiger partial charge is 0.496 e. The van der Waals surface area contributed by atoms with Crippen LogP contribution in [-0.4, -0.2) is 72.7 Å². The third-order valence-corrected chi connectivity index (χ3v) is 7.04. The summed E-state index contributed by atoms with van der Waals surface area (Å²) in [6.45, 7) is 5.23. The number of rotatable bonds is 6. The van der Waals surface area contributed by atoms with Crippen LogP contribution in [0.2, 0.25) is 0 Å². The summed E-state index contributed by atoms with van der Waals surface area (Å²) in [4.78, 5) is 43.2. The van der Waals surface area contributed by atoms with Crippen molar-refractivity contribution < 1.29 is 19.1 Å². The van der Waals surface area contributed by atoms with E-state index in [-0.39, 0.29) is 17.2 Å². The standard InChI is InChI=1S/C28H35N3O5/c1-20(17-21-9-5-4-6-10-21)19-29-14-12-22-26(24(35-2)18-25(32)30(22)16-15-29)27(33)31-13-8-7-11-23(31)28(34)36-3/h4-6,9-10,17-18,23H,7-8,11-16,19H2,1-3H3/b20-17+. The Balaban J connectivity index is 1.61. The summed E-state index contributed by atoms with van der Waals surface area (Å²) in [6, 6.07) is 11.0. The Labute approximate surface area is 212 Å². The third-order valence-electron chi connectivity index (χ3n) is 7.04. The van der Waals surface area contributed by atoms with Crippen LogP contribution in [0.3, 0.4) is 0 Å². The Hall–Kier alpha value is -3.39. The van der Waals surface area contributed by atoms with Crippen molar-refractivity contribution in [1.82, 2.24) is 14.4 Å². The van der Waals surface area contributed by atoms with E-state index in [1.165, 1.54) is 25.9 Å². The molecule has 2 aromatic rings. The minimum Gasteiger partial charge on any atom is -0.496 e. The van der Waals surface area contributed by atoms with Crippen LogP contribution in [0.15, 0.2) is 46.8 Å². The van der Waals surface area contributed by atoms with Crippen molar-refractivity contribution in [2.45, 2.75) is 45.2 Å². The van der Waals surface area contributed by atoms with Crippen LogP contribution in [0.5, 0.6) is 5.75 Å². The van der Waals surface area contributed by atoms with E-state index < -0.39 is 12.0 Å². The molecule has 0 saturated carbocycles. The molecule has 0 aliphatic carbocycles. The molecule has 36 heavy (non-hydrogen) atoms. The number of nitrogens with zero attached hydrogens (tertiary/aromatic N) is 3. The number of benzene rings is 1. The van der Waals surface area contributed by atoms with Gasteiger partial charge in [0.25, 0.3) is 11.5 Å². The molecule has 0 spiro atoms. The van der Waals surface area contributed by atoms with E-state index >= 15 is 0 Å². The molecule has 0 bridgehead atoms. The predicted octanol–water partition coefficient (Wildman–Crippen LogP) is 2.99. The molecule has 1 aromatic carbocycles. The molecule has 1 atom stereocenters. The summed E-state index contributed by atoms with van der Waals surface area (Å²) in [5, 5.41) is 0. The van der Waals surface area contributed by atoms with E-state index in [0.717, 1.165) is 24.9 Å². The van der Waals surface area contributed by atoms with Gasteiger partial charge in [-0.25, -0.2) is 4.79 Å². The highest BCUT2D eigenvalue weighted by Crippen LogP contribution is 2.28. The van der Waals surface area contributed by atoms with Crippen LogP contribution in [0.25, 0.3) is 6.08 Å². The van der Waals surface area contributed by atoms with Crippen molar-refractivity contribution >= 4 is 18.0 Å². The fraction of sp³-hybridized carbons (Fsp3) is 0.464. The predicted molar refractivity (Wildman–Crippen MR) is 138 cm³/mol. The topological polar surface area (TPSA) is 81.1 Å². The van der Waals surface area contributed by atoms with Crippen molar-refractivity contribution in [3.8, 4) is 5.75 Å². The number of amides is 1. The van der Waals surface area contributed by atoms with E-state index in [2.05, 4.69) is 30.0 Å². The van der Waals surface area contributed by atoms with Gasteiger partial charge in [-0.2, -0.15) is 0 Å². The van der Waals surface area contributed by atoms with E-state index in [1.54, 1.807) is 9.47 Å². The van der Waals surface area contributed by atoms with Crippen LogP contribution < -0.4 is 10.3 Å². The SMILES string of the molecule is COC(=O)C1CCCCN1C(=O)c1c(OC)cc(=O)n2c1CCN(C/C(C)=C/c1ccccc1)CC2. The number of ether oxygens (including phenoxy) is 2. The van der Waals surface area contributed by atoms with Gasteiger partial charge in [-0.3, -0.25) is 14.5 Å². The number of methoxy groups -OCH3 is 2. The average molecular weight is 494 g/mol. The molecular weight excluding hydrogens is 458 g/mol. The van der Waals surface area contributed by atoms with E-state index in [1.807, 2.05) is 18.2 Å². The molecule has 192 valence electrons. The number of likely N-dealkylation sites (tertiary alicyclic amines) is 1. The Bertz CT molecular complexity index is 1190. The number of hydrogen-bond acceptors (Lipinski definition) is 6. The number of hydrogen-bond donors (Lipinski definition) is 0. The van der Waals surface area contributed by atoms with E-state index in [0.29, 0.717) is 50.3 Å². The molecule has 1 unspecified atom stereocenters. The van der Waals surface area contributed by atoms with Gasteiger partial charge in [0.2, 0.25) is 0 Å². The molecule has 2 aliphatic heterocycles. The molecule has 1 fully saturated rings. The molecule has 8 nitrogen and oxygen atoms in total. The zero-order valence-corrected chi connectivity index (χ0v) is 21.4. The minimum atomic E-state index is -0.624. The number of aromatic nitrogens is 1. The van der Waals surface area contributed by atoms with Gasteiger partial charge in [0, 0.05) is 50.9 Å². The van der Waals surface area contributed by atoms with Crippen molar-refractivity contribution in [2.24, 2.45) is 0 Å². The van der Waals surface area contributed by atoms with E-state index in [4.69, 9.17) is 9.47 Å². The summed E-state index contributed by atoms with van der Waals surface area (Å²) in [5.74, 6) is -0.425. The van der Waals surface area contributed by atoms with Crippen molar-refractivity contribution in [1.29, 1.82) is 0 Å². The van der Waals surface area contributed by atoms with Gasteiger partial charge >= 0.3 is 5.97 Å². The maximum Gasteiger partial charge on any atom is 0.328 e. The fourth-order valence-corrected chi connectivity index (χ4v) is 5.27. The molecule has 8 heteroatoms. The van der Waals surface area contributed by atoms with E-state index in [9.17, 15) is 14.4 Å². The first-order valence-electron chi connectivity index (χ1n) is 12.6. The zero-order chi connectivity index (χ0) is 25.7. The Morgan fingerprint density at radius 1 is 1.06 bits per heavy atom. The summed E-state index contributed by atoms with van der Waals surface area (Å²) in [7, 11) is 2.81. The molecular formula is C28H35N3O5. The number of carbonyl (C=O) groups excluding carboxylic acids is 2. The van der Waals surface area contributed by atoms with Gasteiger partial charge in [-0.05, 0) is 31.7 Å². The monoisotopic (exact) mass is 493 g/mol. The van der Waals surface area contributed by atoms with Crippen LogP contribution >= 0.6 is 0 Å². The molecule has 0 N–H and O–H groups in total. The fourth-order valence-electron chi connectivity index (χ4n) is 5.27. The van der Waals surface area contributed by atoms with Gasteiger partial charge in [0.15, 0.2) is 0 Å². The van der Waals surface area contributed by atoms with Crippen LogP contribution in [0, 0.1) is 0 Å². The lowest BCUT2D eigenvalue weighted by Gasteiger charge is -2.34. The molecule has 2 aliphatic rings. The van der Waals surface area contributed by atoms with Crippen LogP contribution in [0.1, 0.15) is 47.8 Å². The zero-order valence-electron chi connectivity index (χ0n) is 21.4. The van der Waals surface area contributed by atoms with Crippen molar-refractivity contribution in [3.05, 3.63) is 69.1 Å². The quantitative estimate of drug-likeness (QED) is 0.576. The highest BCUT2D eigenvalue weighted by Gasteiger charge is 2.36. The summed E-state index contributed by atoms with van der Waals surface area (Å²) in [6.07, 6.45) is 4.94. The molecule has 4 rings (SSSR count). The van der Waals surface area contributed by atoms with Gasteiger partial charge in [0.1, 0.15) is 17.4 Å². The first-order chi connectivity index (χ1) is 17.4. The van der Waals surface area contributed by atoms with Crippen molar-refractivity contribution in [3.63, 3.8) is 0 Å². The second-order valence-corrected chi connectivity index (χ2v) is 9.49. The first kappa shape index (κ1) is 25.7. The lowest BCUT2D eigenvalue weighted by molar-refractivity contribution is -0.147. The molecule has 1 amide bonds. The highest BCUT2D eigenvalue weighted by atomic mass is 16.5. The van der Waals surface area contributed by atoms with Crippen LogP contribution in [0.4, 0.5) is 0 Å². The molecule has 1 saturated heterocycles. The number of carbonyl (C=O) groups is 2. The smallest absolute Gasteiger partial charge is 0.328 e. The lowest BCUT2D eigenvalue weighted by Crippen LogP contribution is -2.49. The first-order valence-corrected chi connectivity index (χ1v) is 12.6. The minimum absolute atomic E-state index is 0.181. The number of piperidine rings is 1. The number of esters is 1. The second kappa shape index (κ2) is 11.6. The maximum absolute atomic E-state index is 13.9. The normalized spacial score (nSPS) is 18.8. The van der Waals surface area contributed by atoms with Crippen LogP contribution in [-0.2, 0) is 22.5 Å². The highest BCUT2D eigenvalue weighted by molar-refractivity contribution is 6.00. The Morgan fingerprint density at radius 2 is 1.83 bits per heavy atom. The Kier molecular flexibility index (Phi) is 8.25. The average Bonchev–Trinajstić information content (AvgIpc) is 3.11. The van der Waals surface area contributed by atoms with Crippen molar-refractivity contribution in [2.75, 3.05) is 40.4 Å². The second-order valence-electron chi connectivity index (χ2n) is 9.49. The van der Waals surface area contributed by atoms with Gasteiger partial charge in [-0.1, -0.05) is 42.0 Å². The summed E-state index contributed by atoms with van der Waals surface area (Å²) < 4.78 is 12.2. The number of pyridine rings is 1. The maximum atomic E-state index is 13.9. The molecule has 1 aromatic heterocycles. The number of fused-ring (bicyclic) bond motifs is 1. The molecule has 0 radical (unpaired) electrons.